The van der Waals surface area contributed by atoms with E-state index in [1.165, 1.54) is 6.26 Å². The lowest BCUT2D eigenvalue weighted by Gasteiger charge is -2.44. The number of amides is 2. The molecule has 0 radical (unpaired) electrons. The van der Waals surface area contributed by atoms with E-state index in [1.807, 2.05) is 9.47 Å². The van der Waals surface area contributed by atoms with Crippen LogP contribution in [-0.4, -0.2) is 51.6 Å². The second-order valence-electron chi connectivity index (χ2n) is 6.87. The van der Waals surface area contributed by atoms with E-state index in [1.54, 1.807) is 19.2 Å². The maximum Gasteiger partial charge on any atom is 0.289 e. The number of piperidine rings is 1. The van der Waals surface area contributed by atoms with E-state index < -0.39 is 0 Å². The van der Waals surface area contributed by atoms with Crippen molar-refractivity contribution in [2.75, 3.05) is 20.1 Å². The molecule has 1 fully saturated rings. The van der Waals surface area contributed by atoms with Gasteiger partial charge in [-0.2, -0.15) is 0 Å². The SMILES string of the molecule is CNC(=O)c1nnc2n1CC1(CC2)CCN(C(=O)c2ccco2)CC1. The molecule has 0 saturated carbocycles. The molecule has 4 heterocycles. The fourth-order valence-electron chi connectivity index (χ4n) is 3.91. The van der Waals surface area contributed by atoms with E-state index in [9.17, 15) is 9.59 Å². The van der Waals surface area contributed by atoms with Crippen molar-refractivity contribution in [2.24, 2.45) is 5.41 Å². The summed E-state index contributed by atoms with van der Waals surface area (Å²) in [5, 5.41) is 10.8. The van der Waals surface area contributed by atoms with Crippen molar-refractivity contribution in [3.05, 3.63) is 35.8 Å². The standard InChI is InChI=1S/C17H21N5O3/c1-18-15(23)14-20-19-13-4-5-17(11-22(13)14)6-8-21(9-7-17)16(24)12-3-2-10-25-12/h2-3,10H,4-9,11H2,1H3,(H,18,23). The highest BCUT2D eigenvalue weighted by Crippen LogP contribution is 2.41. The third-order valence-electron chi connectivity index (χ3n) is 5.47. The van der Waals surface area contributed by atoms with Crippen molar-refractivity contribution in [1.29, 1.82) is 0 Å². The lowest BCUT2D eigenvalue weighted by Crippen LogP contribution is -2.46. The Kier molecular flexibility index (Phi) is 3.82. The molecule has 0 unspecified atom stereocenters. The minimum atomic E-state index is -0.207. The molecule has 8 nitrogen and oxygen atoms in total. The molecule has 0 atom stereocenters. The van der Waals surface area contributed by atoms with Gasteiger partial charge in [-0.25, -0.2) is 0 Å². The molecular formula is C17H21N5O3. The van der Waals surface area contributed by atoms with Crippen molar-refractivity contribution in [1.82, 2.24) is 25.0 Å². The monoisotopic (exact) mass is 343 g/mol. The quantitative estimate of drug-likeness (QED) is 0.881. The summed E-state index contributed by atoms with van der Waals surface area (Å²) < 4.78 is 7.17. The third kappa shape index (κ3) is 2.71. The number of hydrogen-bond acceptors (Lipinski definition) is 5. The number of carbonyl (C=O) groups is 2. The Balaban J connectivity index is 1.48. The van der Waals surface area contributed by atoms with Crippen molar-refractivity contribution in [3.63, 3.8) is 0 Å². The molecule has 0 aliphatic carbocycles. The van der Waals surface area contributed by atoms with Crippen LogP contribution < -0.4 is 5.32 Å². The number of nitrogens with zero attached hydrogens (tertiary/aromatic N) is 4. The van der Waals surface area contributed by atoms with E-state index >= 15 is 0 Å². The van der Waals surface area contributed by atoms with Crippen LogP contribution in [0.25, 0.3) is 0 Å². The third-order valence-corrected chi connectivity index (χ3v) is 5.47. The van der Waals surface area contributed by atoms with Crippen molar-refractivity contribution in [2.45, 2.75) is 32.2 Å². The fourth-order valence-corrected chi connectivity index (χ4v) is 3.91. The van der Waals surface area contributed by atoms with Gasteiger partial charge in [0.2, 0.25) is 5.82 Å². The summed E-state index contributed by atoms with van der Waals surface area (Å²) in [4.78, 5) is 26.3. The Morgan fingerprint density at radius 3 is 2.72 bits per heavy atom. The highest BCUT2D eigenvalue weighted by molar-refractivity contribution is 5.91. The van der Waals surface area contributed by atoms with Crippen LogP contribution in [0.3, 0.4) is 0 Å². The molecular weight excluding hydrogens is 322 g/mol. The summed E-state index contributed by atoms with van der Waals surface area (Å²) in [6.45, 7) is 2.14. The zero-order chi connectivity index (χ0) is 17.4. The van der Waals surface area contributed by atoms with Crippen molar-refractivity contribution < 1.29 is 14.0 Å². The van der Waals surface area contributed by atoms with Crippen LogP contribution in [0.15, 0.2) is 22.8 Å². The van der Waals surface area contributed by atoms with Gasteiger partial charge >= 0.3 is 0 Å². The van der Waals surface area contributed by atoms with Gasteiger partial charge in [-0.15, -0.1) is 10.2 Å². The van der Waals surface area contributed by atoms with Gasteiger partial charge in [0.05, 0.1) is 6.26 Å². The summed E-state index contributed by atoms with van der Waals surface area (Å²) in [6, 6.07) is 3.43. The summed E-state index contributed by atoms with van der Waals surface area (Å²) in [5.74, 6) is 1.39. The van der Waals surface area contributed by atoms with Gasteiger partial charge in [0.25, 0.3) is 11.8 Å². The molecule has 0 bridgehead atoms. The van der Waals surface area contributed by atoms with Crippen LogP contribution in [0.1, 0.15) is 46.3 Å². The second-order valence-corrected chi connectivity index (χ2v) is 6.87. The first-order valence-corrected chi connectivity index (χ1v) is 8.59. The smallest absolute Gasteiger partial charge is 0.289 e. The Hall–Kier alpha value is -2.64. The van der Waals surface area contributed by atoms with E-state index in [0.29, 0.717) is 24.7 Å². The molecule has 2 aliphatic heterocycles. The average molecular weight is 343 g/mol. The number of aromatic nitrogens is 3. The Morgan fingerprint density at radius 1 is 1.24 bits per heavy atom. The van der Waals surface area contributed by atoms with Gasteiger partial charge in [-0.3, -0.25) is 9.59 Å². The number of likely N-dealkylation sites (tertiary alicyclic amines) is 1. The molecule has 2 aromatic heterocycles. The zero-order valence-corrected chi connectivity index (χ0v) is 14.2. The first-order valence-electron chi connectivity index (χ1n) is 8.59. The number of fused-ring (bicyclic) bond motifs is 1. The highest BCUT2D eigenvalue weighted by Gasteiger charge is 2.41. The minimum Gasteiger partial charge on any atom is -0.459 e. The van der Waals surface area contributed by atoms with Crippen LogP contribution in [0.5, 0.6) is 0 Å². The summed E-state index contributed by atoms with van der Waals surface area (Å²) in [7, 11) is 1.60. The lowest BCUT2D eigenvalue weighted by molar-refractivity contribution is 0.0441. The van der Waals surface area contributed by atoms with Crippen LogP contribution >= 0.6 is 0 Å². The number of nitrogens with one attached hydrogen (secondary N) is 1. The first kappa shape index (κ1) is 15.9. The minimum absolute atomic E-state index is 0.0494. The van der Waals surface area contributed by atoms with Gasteiger partial charge in [-0.05, 0) is 36.8 Å². The maximum absolute atomic E-state index is 12.4. The van der Waals surface area contributed by atoms with Crippen LogP contribution in [-0.2, 0) is 13.0 Å². The van der Waals surface area contributed by atoms with Crippen molar-refractivity contribution in [3.8, 4) is 0 Å². The number of aryl methyl sites for hydroxylation is 1. The van der Waals surface area contributed by atoms with Gasteiger partial charge < -0.3 is 19.2 Å². The van der Waals surface area contributed by atoms with Gasteiger partial charge in [-0.1, -0.05) is 0 Å². The van der Waals surface area contributed by atoms with Gasteiger partial charge in [0, 0.05) is 33.1 Å². The van der Waals surface area contributed by atoms with E-state index in [2.05, 4.69) is 15.5 Å². The summed E-state index contributed by atoms with van der Waals surface area (Å²) in [6.07, 6.45) is 5.17. The average Bonchev–Trinajstić information content (AvgIpc) is 3.31. The van der Waals surface area contributed by atoms with E-state index in [-0.39, 0.29) is 17.2 Å². The number of furan rings is 1. The second kappa shape index (κ2) is 6.02. The molecule has 2 aromatic rings. The molecule has 25 heavy (non-hydrogen) atoms. The molecule has 2 aliphatic rings. The molecule has 4 rings (SSSR count). The maximum atomic E-state index is 12.4. The van der Waals surface area contributed by atoms with Crippen LogP contribution in [0.2, 0.25) is 0 Å². The normalized spacial score (nSPS) is 18.8. The number of carbonyl (C=O) groups excluding carboxylic acids is 2. The fraction of sp³-hybridized carbons (Fsp3) is 0.529. The molecule has 1 spiro atoms. The lowest BCUT2D eigenvalue weighted by atomic mass is 9.73. The molecule has 132 valence electrons. The number of rotatable bonds is 2. The largest absolute Gasteiger partial charge is 0.459 e. The van der Waals surface area contributed by atoms with E-state index in [0.717, 1.165) is 38.1 Å². The number of hydrogen-bond donors (Lipinski definition) is 1. The van der Waals surface area contributed by atoms with Gasteiger partial charge in [0.15, 0.2) is 5.76 Å². The molecule has 2 amide bonds. The Labute approximate surface area is 145 Å². The Morgan fingerprint density at radius 2 is 2.04 bits per heavy atom. The van der Waals surface area contributed by atoms with Gasteiger partial charge in [0.1, 0.15) is 5.82 Å². The summed E-state index contributed by atoms with van der Waals surface area (Å²) >= 11 is 0. The molecule has 1 N–H and O–H groups in total. The first-order chi connectivity index (χ1) is 12.1. The molecule has 8 heteroatoms. The Bertz CT molecular complexity index is 787. The highest BCUT2D eigenvalue weighted by atomic mass is 16.3. The topological polar surface area (TPSA) is 93.3 Å². The predicted molar refractivity (Wildman–Crippen MR) is 88.0 cm³/mol. The van der Waals surface area contributed by atoms with Crippen molar-refractivity contribution >= 4 is 11.8 Å². The molecule has 1 saturated heterocycles. The van der Waals surface area contributed by atoms with E-state index in [4.69, 9.17) is 4.42 Å². The zero-order valence-electron chi connectivity index (χ0n) is 14.2. The predicted octanol–water partition coefficient (Wildman–Crippen LogP) is 1.10. The molecule has 0 aromatic carbocycles. The van der Waals surface area contributed by atoms with Crippen LogP contribution in [0, 0.1) is 5.41 Å². The summed E-state index contributed by atoms with van der Waals surface area (Å²) in [5.41, 5.74) is 0.0953. The van der Waals surface area contributed by atoms with Crippen LogP contribution in [0.4, 0.5) is 0 Å².